The fourth-order valence-electron chi connectivity index (χ4n) is 3.45. The molecule has 4 heteroatoms. The Hall–Kier alpha value is -3.01. The standard InChI is InChI=1S/C21H21N3O/c1-15-11-12-19(25-15)16-7-6-10-18(13-16)21(14-24(2)20(22)23-21)17-8-4-3-5-9-17/h3-13H,14H2,1-2H3,(H2,22,23). The number of furan rings is 1. The molecule has 0 spiro atoms. The van der Waals surface area contributed by atoms with Gasteiger partial charge in [-0.15, -0.1) is 0 Å². The van der Waals surface area contributed by atoms with Crippen molar-refractivity contribution in [3.63, 3.8) is 0 Å². The molecule has 0 amide bonds. The molecule has 1 unspecified atom stereocenters. The third-order valence-corrected chi connectivity index (χ3v) is 4.78. The summed E-state index contributed by atoms with van der Waals surface area (Å²) in [6, 6.07) is 22.7. The van der Waals surface area contributed by atoms with E-state index in [4.69, 9.17) is 15.1 Å². The second kappa shape index (κ2) is 5.81. The van der Waals surface area contributed by atoms with Gasteiger partial charge in [0.1, 0.15) is 17.1 Å². The van der Waals surface area contributed by atoms with Gasteiger partial charge in [-0.25, -0.2) is 4.99 Å². The molecule has 1 aromatic heterocycles. The summed E-state index contributed by atoms with van der Waals surface area (Å²) in [6.07, 6.45) is 0. The normalized spacial score (nSPS) is 19.9. The van der Waals surface area contributed by atoms with Gasteiger partial charge in [0.2, 0.25) is 0 Å². The Labute approximate surface area is 147 Å². The van der Waals surface area contributed by atoms with E-state index >= 15 is 0 Å². The van der Waals surface area contributed by atoms with Crippen LogP contribution < -0.4 is 5.73 Å². The van der Waals surface area contributed by atoms with Gasteiger partial charge in [-0.3, -0.25) is 0 Å². The molecule has 3 aromatic rings. The van der Waals surface area contributed by atoms with Crippen LogP contribution in [0.1, 0.15) is 16.9 Å². The smallest absolute Gasteiger partial charge is 0.192 e. The van der Waals surface area contributed by atoms with Gasteiger partial charge in [0.25, 0.3) is 0 Å². The number of benzene rings is 2. The zero-order chi connectivity index (χ0) is 17.4. The van der Waals surface area contributed by atoms with E-state index in [1.165, 1.54) is 0 Å². The van der Waals surface area contributed by atoms with Crippen molar-refractivity contribution >= 4 is 5.96 Å². The summed E-state index contributed by atoms with van der Waals surface area (Å²) in [4.78, 5) is 6.87. The lowest BCUT2D eigenvalue weighted by atomic mass is 9.83. The molecular formula is C21H21N3O. The van der Waals surface area contributed by atoms with Crippen LogP contribution in [-0.2, 0) is 5.54 Å². The second-order valence-electron chi connectivity index (χ2n) is 6.54. The molecule has 0 aliphatic carbocycles. The number of aryl methyl sites for hydroxylation is 1. The Bertz CT molecular complexity index is 929. The third-order valence-electron chi connectivity index (χ3n) is 4.78. The number of guanidine groups is 1. The summed E-state index contributed by atoms with van der Waals surface area (Å²) in [6.45, 7) is 2.67. The van der Waals surface area contributed by atoms with Crippen molar-refractivity contribution in [2.45, 2.75) is 12.5 Å². The lowest BCUT2D eigenvalue weighted by Gasteiger charge is -2.28. The molecule has 1 aliphatic heterocycles. The number of likely N-dealkylation sites (N-methyl/N-ethyl adjacent to an activating group) is 1. The van der Waals surface area contributed by atoms with Gasteiger partial charge in [0, 0.05) is 12.6 Å². The van der Waals surface area contributed by atoms with E-state index in [0.717, 1.165) is 28.2 Å². The van der Waals surface area contributed by atoms with Gasteiger partial charge in [0.15, 0.2) is 5.96 Å². The molecule has 1 aliphatic rings. The first-order chi connectivity index (χ1) is 12.1. The fraction of sp³-hybridized carbons (Fsp3) is 0.190. The number of hydrogen-bond donors (Lipinski definition) is 1. The average molecular weight is 331 g/mol. The molecule has 126 valence electrons. The zero-order valence-corrected chi connectivity index (χ0v) is 14.4. The van der Waals surface area contributed by atoms with Crippen molar-refractivity contribution in [1.82, 2.24) is 4.90 Å². The topological polar surface area (TPSA) is 54.8 Å². The maximum atomic E-state index is 6.14. The highest BCUT2D eigenvalue weighted by molar-refractivity contribution is 5.81. The molecular weight excluding hydrogens is 310 g/mol. The lowest BCUT2D eigenvalue weighted by molar-refractivity contribution is 0.432. The first-order valence-electron chi connectivity index (χ1n) is 8.38. The predicted molar refractivity (Wildman–Crippen MR) is 100 cm³/mol. The summed E-state index contributed by atoms with van der Waals surface area (Å²) in [5.74, 6) is 2.33. The highest BCUT2D eigenvalue weighted by atomic mass is 16.3. The molecule has 2 heterocycles. The highest BCUT2D eigenvalue weighted by Crippen LogP contribution is 2.39. The molecule has 2 aromatic carbocycles. The average Bonchev–Trinajstić information content (AvgIpc) is 3.20. The van der Waals surface area contributed by atoms with Gasteiger partial charge in [-0.2, -0.15) is 0 Å². The minimum Gasteiger partial charge on any atom is -0.461 e. The number of hydrogen-bond acceptors (Lipinski definition) is 4. The van der Waals surface area contributed by atoms with Crippen molar-refractivity contribution in [3.8, 4) is 11.3 Å². The molecule has 0 saturated heterocycles. The van der Waals surface area contributed by atoms with Crippen LogP contribution in [0.3, 0.4) is 0 Å². The molecule has 1 atom stereocenters. The molecule has 0 saturated carbocycles. The van der Waals surface area contributed by atoms with Gasteiger partial charge < -0.3 is 15.1 Å². The van der Waals surface area contributed by atoms with Crippen molar-refractivity contribution < 1.29 is 4.42 Å². The van der Waals surface area contributed by atoms with Gasteiger partial charge in [0.05, 0.1) is 6.54 Å². The first kappa shape index (κ1) is 15.5. The maximum Gasteiger partial charge on any atom is 0.192 e. The summed E-state index contributed by atoms with van der Waals surface area (Å²) in [5.41, 5.74) is 8.92. The van der Waals surface area contributed by atoms with Gasteiger partial charge >= 0.3 is 0 Å². The SMILES string of the molecule is Cc1ccc(-c2cccc(C3(c4ccccc4)CN(C)C(N)=N3)c2)o1. The molecule has 25 heavy (non-hydrogen) atoms. The lowest BCUT2D eigenvalue weighted by Crippen LogP contribution is -2.34. The van der Waals surface area contributed by atoms with Crippen LogP contribution in [0, 0.1) is 6.92 Å². The van der Waals surface area contributed by atoms with Crippen molar-refractivity contribution in [2.75, 3.05) is 13.6 Å². The summed E-state index contributed by atoms with van der Waals surface area (Å²) in [7, 11) is 1.98. The monoisotopic (exact) mass is 331 g/mol. The van der Waals surface area contributed by atoms with Crippen LogP contribution in [0.5, 0.6) is 0 Å². The van der Waals surface area contributed by atoms with Crippen LogP contribution in [0.15, 0.2) is 76.1 Å². The molecule has 0 radical (unpaired) electrons. The summed E-state index contributed by atoms with van der Waals surface area (Å²) < 4.78 is 5.80. The zero-order valence-electron chi connectivity index (χ0n) is 14.4. The molecule has 2 N–H and O–H groups in total. The third kappa shape index (κ3) is 2.60. The first-order valence-corrected chi connectivity index (χ1v) is 8.38. The summed E-state index contributed by atoms with van der Waals surface area (Å²) in [5, 5.41) is 0. The number of aliphatic imine (C=N–C) groups is 1. The van der Waals surface area contributed by atoms with Crippen molar-refractivity contribution in [1.29, 1.82) is 0 Å². The van der Waals surface area contributed by atoms with E-state index in [9.17, 15) is 0 Å². The Balaban J connectivity index is 1.87. The highest BCUT2D eigenvalue weighted by Gasteiger charge is 2.40. The fourth-order valence-corrected chi connectivity index (χ4v) is 3.45. The Morgan fingerprint density at radius 3 is 2.40 bits per heavy atom. The predicted octanol–water partition coefficient (Wildman–Crippen LogP) is 3.76. The second-order valence-corrected chi connectivity index (χ2v) is 6.54. The molecule has 0 bridgehead atoms. The Kier molecular flexibility index (Phi) is 3.61. The van der Waals surface area contributed by atoms with Crippen LogP contribution in [0.25, 0.3) is 11.3 Å². The van der Waals surface area contributed by atoms with Crippen LogP contribution in [0.2, 0.25) is 0 Å². The Morgan fingerprint density at radius 1 is 1.00 bits per heavy atom. The van der Waals surface area contributed by atoms with E-state index in [-0.39, 0.29) is 0 Å². The van der Waals surface area contributed by atoms with Crippen molar-refractivity contribution in [2.24, 2.45) is 10.7 Å². The number of nitrogens with two attached hydrogens (primary N) is 1. The van der Waals surface area contributed by atoms with E-state index < -0.39 is 5.54 Å². The van der Waals surface area contributed by atoms with Crippen molar-refractivity contribution in [3.05, 3.63) is 83.6 Å². The van der Waals surface area contributed by atoms with E-state index in [1.54, 1.807) is 0 Å². The minimum absolute atomic E-state index is 0.502. The molecule has 4 rings (SSSR count). The Morgan fingerprint density at radius 2 is 1.76 bits per heavy atom. The molecule has 4 nitrogen and oxygen atoms in total. The number of nitrogens with zero attached hydrogens (tertiary/aromatic N) is 2. The van der Waals surface area contributed by atoms with Gasteiger partial charge in [-0.1, -0.05) is 48.5 Å². The van der Waals surface area contributed by atoms with Crippen LogP contribution in [0.4, 0.5) is 0 Å². The van der Waals surface area contributed by atoms with Crippen LogP contribution in [-0.4, -0.2) is 24.5 Å². The maximum absolute atomic E-state index is 6.14. The van der Waals surface area contributed by atoms with E-state index in [1.807, 2.05) is 49.2 Å². The quantitative estimate of drug-likeness (QED) is 0.795. The van der Waals surface area contributed by atoms with E-state index in [0.29, 0.717) is 12.5 Å². The molecule has 0 fully saturated rings. The van der Waals surface area contributed by atoms with E-state index in [2.05, 4.69) is 36.4 Å². The largest absolute Gasteiger partial charge is 0.461 e. The van der Waals surface area contributed by atoms with Gasteiger partial charge in [-0.05, 0) is 36.2 Å². The minimum atomic E-state index is -0.502. The summed E-state index contributed by atoms with van der Waals surface area (Å²) >= 11 is 0. The number of rotatable bonds is 3. The van der Waals surface area contributed by atoms with Crippen LogP contribution >= 0.6 is 0 Å².